The number of carbonyl (C=O) groups is 2. The van der Waals surface area contributed by atoms with Crippen molar-refractivity contribution in [2.75, 3.05) is 38.3 Å². The summed E-state index contributed by atoms with van der Waals surface area (Å²) in [5.74, 6) is -0.533. The lowest BCUT2D eigenvalue weighted by Crippen LogP contribution is -2.49. The Hall–Kier alpha value is -3.42. The molecular formula is C29H37N3O4. The first kappa shape index (κ1) is 27.2. The Labute approximate surface area is 214 Å². The molecule has 0 spiro atoms. The Morgan fingerprint density at radius 3 is 2.42 bits per heavy atom. The Morgan fingerprint density at radius 1 is 1.08 bits per heavy atom. The molecule has 36 heavy (non-hydrogen) atoms. The molecule has 1 aliphatic rings. The van der Waals surface area contributed by atoms with E-state index in [9.17, 15) is 9.59 Å². The number of rotatable bonds is 14. The van der Waals surface area contributed by atoms with Crippen molar-refractivity contribution in [3.05, 3.63) is 89.6 Å². The average molecular weight is 492 g/mol. The second-order valence-corrected chi connectivity index (χ2v) is 8.74. The zero-order valence-electron chi connectivity index (χ0n) is 21.5. The molecule has 1 amide bonds. The lowest BCUT2D eigenvalue weighted by molar-refractivity contribution is -0.119. The van der Waals surface area contributed by atoms with Crippen molar-refractivity contribution in [3.63, 3.8) is 0 Å². The number of nitrogens with one attached hydrogen (secondary N) is 1. The molecule has 2 aromatic rings. The number of benzene rings is 2. The summed E-state index contributed by atoms with van der Waals surface area (Å²) >= 11 is 0. The monoisotopic (exact) mass is 491 g/mol. The Bertz CT molecular complexity index is 1050. The minimum Gasteiger partial charge on any atom is -0.465 e. The summed E-state index contributed by atoms with van der Waals surface area (Å²) in [6.07, 6.45) is 5.07. The predicted octanol–water partition coefficient (Wildman–Crippen LogP) is 5.03. The SMILES string of the molecule is C=C(C=C1C(=O)N(c2ccc(C(=O)OC)cc2)C1c1ccccc1)NOCCCN(CC)CCCC. The molecule has 192 valence electrons. The number of hydrogen-bond donors (Lipinski definition) is 1. The van der Waals surface area contributed by atoms with Gasteiger partial charge >= 0.3 is 5.97 Å². The van der Waals surface area contributed by atoms with Crippen LogP contribution in [-0.4, -0.2) is 50.1 Å². The van der Waals surface area contributed by atoms with Crippen LogP contribution in [0.2, 0.25) is 0 Å². The van der Waals surface area contributed by atoms with E-state index in [1.807, 2.05) is 30.3 Å². The Morgan fingerprint density at radius 2 is 1.78 bits per heavy atom. The Kier molecular flexibility index (Phi) is 10.3. The van der Waals surface area contributed by atoms with Crippen LogP contribution in [-0.2, 0) is 14.4 Å². The van der Waals surface area contributed by atoms with Gasteiger partial charge in [-0.3, -0.25) is 20.0 Å². The van der Waals surface area contributed by atoms with Gasteiger partial charge in [-0.1, -0.05) is 57.2 Å². The number of ether oxygens (including phenoxy) is 1. The third-order valence-corrected chi connectivity index (χ3v) is 6.23. The first-order valence-corrected chi connectivity index (χ1v) is 12.6. The number of methoxy groups -OCH3 is 1. The number of nitrogens with zero attached hydrogens (tertiary/aromatic N) is 2. The number of amides is 1. The van der Waals surface area contributed by atoms with Crippen LogP contribution in [0.1, 0.15) is 55.1 Å². The number of esters is 1. The van der Waals surface area contributed by atoms with Crippen molar-refractivity contribution in [1.29, 1.82) is 0 Å². The van der Waals surface area contributed by atoms with Crippen molar-refractivity contribution in [3.8, 4) is 0 Å². The first-order valence-electron chi connectivity index (χ1n) is 12.6. The summed E-state index contributed by atoms with van der Waals surface area (Å²) in [6.45, 7) is 12.1. The normalized spacial score (nSPS) is 16.2. The van der Waals surface area contributed by atoms with Gasteiger partial charge in [0.1, 0.15) is 0 Å². The van der Waals surface area contributed by atoms with E-state index in [1.54, 1.807) is 35.2 Å². The van der Waals surface area contributed by atoms with Gasteiger partial charge in [-0.05, 0) is 61.8 Å². The molecule has 0 aliphatic carbocycles. The molecule has 1 heterocycles. The standard InChI is InChI=1S/C29H37N3O4/c1-5-7-18-31(6-2)19-11-20-36-30-22(3)21-26-27(23-12-9-8-10-13-23)32(28(26)33)25-16-14-24(15-17-25)29(34)35-4/h8-10,12-17,21,27,30H,3,5-7,11,18-20H2,1-2,4H3. The van der Waals surface area contributed by atoms with Gasteiger partial charge in [0.25, 0.3) is 5.91 Å². The molecule has 0 saturated carbocycles. The van der Waals surface area contributed by atoms with Crippen molar-refractivity contribution < 1.29 is 19.2 Å². The van der Waals surface area contributed by atoms with Gasteiger partial charge in [0.15, 0.2) is 0 Å². The lowest BCUT2D eigenvalue weighted by Gasteiger charge is -2.43. The molecule has 7 nitrogen and oxygen atoms in total. The van der Waals surface area contributed by atoms with Crippen molar-refractivity contribution in [2.45, 2.75) is 39.2 Å². The van der Waals surface area contributed by atoms with Crippen LogP contribution in [0.4, 0.5) is 5.69 Å². The van der Waals surface area contributed by atoms with E-state index in [2.05, 4.69) is 30.8 Å². The molecule has 0 aromatic heterocycles. The number of carbonyl (C=O) groups excluding carboxylic acids is 2. The van der Waals surface area contributed by atoms with E-state index < -0.39 is 5.97 Å². The number of hydroxylamine groups is 1. The minimum atomic E-state index is -0.414. The average Bonchev–Trinajstić information content (AvgIpc) is 2.91. The highest BCUT2D eigenvalue weighted by molar-refractivity contribution is 6.15. The zero-order valence-corrected chi connectivity index (χ0v) is 21.5. The molecule has 1 atom stereocenters. The maximum absolute atomic E-state index is 13.2. The summed E-state index contributed by atoms with van der Waals surface area (Å²) in [7, 11) is 1.34. The molecule has 0 radical (unpaired) electrons. The van der Waals surface area contributed by atoms with Crippen LogP contribution in [0, 0.1) is 0 Å². The maximum atomic E-state index is 13.2. The number of anilines is 1. The molecule has 3 rings (SSSR count). The van der Waals surface area contributed by atoms with E-state index in [4.69, 9.17) is 9.57 Å². The van der Waals surface area contributed by atoms with Gasteiger partial charge in [-0.25, -0.2) is 4.79 Å². The van der Waals surface area contributed by atoms with Gasteiger partial charge in [0, 0.05) is 17.8 Å². The van der Waals surface area contributed by atoms with E-state index in [0.29, 0.717) is 29.1 Å². The van der Waals surface area contributed by atoms with Crippen LogP contribution < -0.4 is 10.4 Å². The number of allylic oxidation sites excluding steroid dienone is 1. The fourth-order valence-electron chi connectivity index (χ4n) is 4.22. The second kappa shape index (κ2) is 13.6. The van der Waals surface area contributed by atoms with Crippen LogP contribution in [0.5, 0.6) is 0 Å². The fraction of sp³-hybridized carbons (Fsp3) is 0.379. The summed E-state index contributed by atoms with van der Waals surface area (Å²) in [4.78, 5) is 34.7. The van der Waals surface area contributed by atoms with Gasteiger partial charge in [-0.15, -0.1) is 0 Å². The van der Waals surface area contributed by atoms with E-state index in [0.717, 1.165) is 31.6 Å². The number of β-lactam (4-membered cyclic amide) rings is 1. The van der Waals surface area contributed by atoms with Crippen molar-refractivity contribution >= 4 is 17.6 Å². The fourth-order valence-corrected chi connectivity index (χ4v) is 4.22. The summed E-state index contributed by atoms with van der Waals surface area (Å²) in [5.41, 5.74) is 6.15. The summed E-state index contributed by atoms with van der Waals surface area (Å²) in [5, 5.41) is 0. The molecular weight excluding hydrogens is 454 g/mol. The van der Waals surface area contributed by atoms with Crippen LogP contribution >= 0.6 is 0 Å². The third kappa shape index (κ3) is 6.83. The molecule has 2 aromatic carbocycles. The van der Waals surface area contributed by atoms with Crippen molar-refractivity contribution in [1.82, 2.24) is 10.4 Å². The van der Waals surface area contributed by atoms with Gasteiger partial charge in [-0.2, -0.15) is 0 Å². The first-order chi connectivity index (χ1) is 17.5. The third-order valence-electron chi connectivity index (χ3n) is 6.23. The summed E-state index contributed by atoms with van der Waals surface area (Å²) in [6, 6.07) is 16.4. The highest BCUT2D eigenvalue weighted by Gasteiger charge is 2.43. The number of hydrogen-bond acceptors (Lipinski definition) is 6. The Balaban J connectivity index is 1.64. The van der Waals surface area contributed by atoms with Crippen molar-refractivity contribution in [2.24, 2.45) is 0 Å². The molecule has 7 heteroatoms. The highest BCUT2D eigenvalue weighted by Crippen LogP contribution is 2.43. The zero-order chi connectivity index (χ0) is 25.9. The van der Waals surface area contributed by atoms with Crippen LogP contribution in [0.25, 0.3) is 0 Å². The predicted molar refractivity (Wildman–Crippen MR) is 142 cm³/mol. The van der Waals surface area contributed by atoms with Gasteiger partial charge in [0.2, 0.25) is 0 Å². The molecule has 1 saturated heterocycles. The highest BCUT2D eigenvalue weighted by atomic mass is 16.6. The minimum absolute atomic E-state index is 0.118. The molecule has 1 fully saturated rings. The van der Waals surface area contributed by atoms with Gasteiger partial charge < -0.3 is 9.64 Å². The molecule has 1 N–H and O–H groups in total. The molecule has 1 unspecified atom stereocenters. The van der Waals surface area contributed by atoms with E-state index in [1.165, 1.54) is 20.0 Å². The maximum Gasteiger partial charge on any atom is 0.337 e. The molecule has 0 bridgehead atoms. The molecule has 1 aliphatic heterocycles. The quantitative estimate of drug-likeness (QED) is 0.131. The van der Waals surface area contributed by atoms with Crippen LogP contribution in [0.15, 0.2) is 78.5 Å². The topological polar surface area (TPSA) is 71.1 Å². The smallest absolute Gasteiger partial charge is 0.337 e. The summed E-state index contributed by atoms with van der Waals surface area (Å²) < 4.78 is 4.77. The van der Waals surface area contributed by atoms with E-state index >= 15 is 0 Å². The number of unbranched alkanes of at least 4 members (excludes halogenated alkanes) is 1. The van der Waals surface area contributed by atoms with E-state index in [-0.39, 0.29) is 11.9 Å². The largest absolute Gasteiger partial charge is 0.465 e. The lowest BCUT2D eigenvalue weighted by atomic mass is 9.86. The van der Waals surface area contributed by atoms with Crippen LogP contribution in [0.3, 0.4) is 0 Å². The van der Waals surface area contributed by atoms with Gasteiger partial charge in [0.05, 0.1) is 31.0 Å². The second-order valence-electron chi connectivity index (χ2n) is 8.74.